The molecule has 1 N–H and O–H groups in total. The van der Waals surface area contributed by atoms with Gasteiger partial charge in [-0.1, -0.05) is 11.2 Å². The Balaban J connectivity index is 1.89. The average molecular weight is 310 g/mol. The van der Waals surface area contributed by atoms with E-state index in [4.69, 9.17) is 9.84 Å². The number of aromatic carboxylic acids is 1. The van der Waals surface area contributed by atoms with Crippen molar-refractivity contribution in [2.75, 3.05) is 0 Å². The summed E-state index contributed by atoms with van der Waals surface area (Å²) in [5.41, 5.74) is 3.07. The fourth-order valence-corrected chi connectivity index (χ4v) is 2.03. The van der Waals surface area contributed by atoms with E-state index in [0.29, 0.717) is 11.4 Å². The molecule has 7 heteroatoms. The molecule has 2 aromatic carbocycles. The summed E-state index contributed by atoms with van der Waals surface area (Å²) >= 11 is 0. The minimum absolute atomic E-state index is 0.193. The number of aromatic nitrogens is 4. The van der Waals surface area contributed by atoms with E-state index in [1.807, 2.05) is 32.0 Å². The Morgan fingerprint density at radius 1 is 1.09 bits per heavy atom. The summed E-state index contributed by atoms with van der Waals surface area (Å²) in [4.78, 5) is 10.9. The Bertz CT molecular complexity index is 856. The number of hydrogen-bond donors (Lipinski definition) is 1. The molecule has 116 valence electrons. The van der Waals surface area contributed by atoms with Crippen molar-refractivity contribution in [1.82, 2.24) is 20.2 Å². The van der Waals surface area contributed by atoms with Crippen molar-refractivity contribution in [3.8, 4) is 17.4 Å². The predicted octanol–water partition coefficient (Wildman–Crippen LogP) is 2.77. The largest absolute Gasteiger partial charge is 0.478 e. The molecule has 0 unspecified atom stereocenters. The molecule has 0 aliphatic carbocycles. The molecule has 0 bridgehead atoms. The first-order chi connectivity index (χ1) is 11.0. The van der Waals surface area contributed by atoms with Gasteiger partial charge >= 0.3 is 12.0 Å². The Labute approximate surface area is 132 Å². The highest BCUT2D eigenvalue weighted by atomic mass is 16.5. The Kier molecular flexibility index (Phi) is 3.76. The molecule has 7 nitrogen and oxygen atoms in total. The van der Waals surface area contributed by atoms with Crippen LogP contribution in [0.5, 0.6) is 11.8 Å². The molecule has 3 rings (SSSR count). The molecule has 3 aromatic rings. The number of ether oxygens (including phenoxy) is 1. The number of carbonyl (C=O) groups is 1. The van der Waals surface area contributed by atoms with E-state index in [2.05, 4.69) is 15.5 Å². The molecular weight excluding hydrogens is 296 g/mol. The zero-order chi connectivity index (χ0) is 16.4. The second-order valence-corrected chi connectivity index (χ2v) is 5.07. The van der Waals surface area contributed by atoms with Crippen LogP contribution >= 0.6 is 0 Å². The third-order valence-corrected chi connectivity index (χ3v) is 3.49. The van der Waals surface area contributed by atoms with Crippen molar-refractivity contribution in [3.05, 3.63) is 59.2 Å². The molecule has 1 heterocycles. The standard InChI is InChI=1S/C16H14N4O3/c1-10-3-8-14(9-11(10)2)23-16-17-18-19-20(16)13-6-4-12(5-7-13)15(21)22/h3-9H,1-2H3,(H,21,22). The molecule has 23 heavy (non-hydrogen) atoms. The molecule has 0 saturated carbocycles. The number of hydrogen-bond acceptors (Lipinski definition) is 5. The van der Waals surface area contributed by atoms with Gasteiger partial charge in [-0.3, -0.25) is 0 Å². The van der Waals surface area contributed by atoms with E-state index in [9.17, 15) is 4.79 Å². The summed E-state index contributed by atoms with van der Waals surface area (Å²) in [6, 6.07) is 12.1. The lowest BCUT2D eigenvalue weighted by Gasteiger charge is -2.08. The molecule has 0 amide bonds. The first kappa shape index (κ1) is 14.7. The van der Waals surface area contributed by atoms with Crippen molar-refractivity contribution in [3.63, 3.8) is 0 Å². The normalized spacial score (nSPS) is 10.5. The summed E-state index contributed by atoms with van der Waals surface area (Å²) in [5, 5.41) is 20.3. The Morgan fingerprint density at radius 3 is 2.48 bits per heavy atom. The first-order valence-corrected chi connectivity index (χ1v) is 6.92. The number of tetrazole rings is 1. The minimum Gasteiger partial charge on any atom is -0.478 e. The van der Waals surface area contributed by atoms with Crippen molar-refractivity contribution in [2.24, 2.45) is 0 Å². The van der Waals surface area contributed by atoms with Crippen LogP contribution in [0.4, 0.5) is 0 Å². The van der Waals surface area contributed by atoms with Gasteiger partial charge in [-0.05, 0) is 71.8 Å². The third-order valence-electron chi connectivity index (χ3n) is 3.49. The zero-order valence-electron chi connectivity index (χ0n) is 12.6. The van der Waals surface area contributed by atoms with E-state index >= 15 is 0 Å². The zero-order valence-corrected chi connectivity index (χ0v) is 12.6. The number of rotatable bonds is 4. The average Bonchev–Trinajstić information content (AvgIpc) is 2.99. The number of carboxylic acids is 1. The summed E-state index contributed by atoms with van der Waals surface area (Å²) in [6.07, 6.45) is 0. The molecule has 0 radical (unpaired) electrons. The predicted molar refractivity (Wildman–Crippen MR) is 82.1 cm³/mol. The summed E-state index contributed by atoms with van der Waals surface area (Å²) in [7, 11) is 0. The molecular formula is C16H14N4O3. The topological polar surface area (TPSA) is 90.1 Å². The second-order valence-electron chi connectivity index (χ2n) is 5.07. The quantitative estimate of drug-likeness (QED) is 0.797. The number of carboxylic acid groups (broad SMARTS) is 1. The SMILES string of the molecule is Cc1ccc(Oc2nnnn2-c2ccc(C(=O)O)cc2)cc1C. The molecule has 1 aromatic heterocycles. The van der Waals surface area contributed by atoms with Gasteiger partial charge in [0.25, 0.3) is 0 Å². The van der Waals surface area contributed by atoms with E-state index in [0.717, 1.165) is 5.56 Å². The molecule has 0 saturated heterocycles. The Hall–Kier alpha value is -3.22. The van der Waals surface area contributed by atoms with Gasteiger partial charge in [0.05, 0.1) is 11.3 Å². The van der Waals surface area contributed by atoms with Crippen molar-refractivity contribution < 1.29 is 14.6 Å². The first-order valence-electron chi connectivity index (χ1n) is 6.92. The molecule has 0 spiro atoms. The fraction of sp³-hybridized carbons (Fsp3) is 0.125. The highest BCUT2D eigenvalue weighted by Gasteiger charge is 2.12. The van der Waals surface area contributed by atoms with Crippen LogP contribution in [0.2, 0.25) is 0 Å². The number of benzene rings is 2. The summed E-state index contributed by atoms with van der Waals surface area (Å²) in [6.45, 7) is 4.02. The second kappa shape index (κ2) is 5.88. The van der Waals surface area contributed by atoms with Gasteiger partial charge in [0, 0.05) is 0 Å². The lowest BCUT2D eigenvalue weighted by Crippen LogP contribution is -2.02. The maximum atomic E-state index is 10.9. The van der Waals surface area contributed by atoms with Gasteiger partial charge in [0.15, 0.2) is 0 Å². The van der Waals surface area contributed by atoms with Gasteiger partial charge in [0.2, 0.25) is 0 Å². The van der Waals surface area contributed by atoms with Crippen molar-refractivity contribution in [1.29, 1.82) is 0 Å². The summed E-state index contributed by atoms with van der Waals surface area (Å²) in [5.74, 6) is -0.355. The van der Waals surface area contributed by atoms with Crippen LogP contribution in [-0.4, -0.2) is 31.3 Å². The lowest BCUT2D eigenvalue weighted by molar-refractivity contribution is 0.0697. The molecule has 0 atom stereocenters. The van der Waals surface area contributed by atoms with Crippen LogP contribution < -0.4 is 4.74 Å². The van der Waals surface area contributed by atoms with Crippen molar-refractivity contribution in [2.45, 2.75) is 13.8 Å². The molecule has 0 aliphatic heterocycles. The highest BCUT2D eigenvalue weighted by Crippen LogP contribution is 2.23. The van der Waals surface area contributed by atoms with Crippen LogP contribution in [0.3, 0.4) is 0 Å². The van der Waals surface area contributed by atoms with Gasteiger partial charge in [0.1, 0.15) is 5.75 Å². The van der Waals surface area contributed by atoms with Crippen LogP contribution in [0.15, 0.2) is 42.5 Å². The van der Waals surface area contributed by atoms with Gasteiger partial charge < -0.3 is 9.84 Å². The highest BCUT2D eigenvalue weighted by molar-refractivity contribution is 5.87. The van der Waals surface area contributed by atoms with Crippen LogP contribution in [0.1, 0.15) is 21.5 Å². The number of nitrogens with zero attached hydrogens (tertiary/aromatic N) is 4. The summed E-state index contributed by atoms with van der Waals surface area (Å²) < 4.78 is 7.13. The van der Waals surface area contributed by atoms with E-state index in [1.165, 1.54) is 22.4 Å². The van der Waals surface area contributed by atoms with Gasteiger partial charge in [-0.2, -0.15) is 4.68 Å². The van der Waals surface area contributed by atoms with Gasteiger partial charge in [-0.15, -0.1) is 0 Å². The fourth-order valence-electron chi connectivity index (χ4n) is 2.03. The minimum atomic E-state index is -0.986. The maximum Gasteiger partial charge on any atom is 0.345 e. The lowest BCUT2D eigenvalue weighted by atomic mass is 10.1. The van der Waals surface area contributed by atoms with Crippen molar-refractivity contribution >= 4 is 5.97 Å². The van der Waals surface area contributed by atoms with E-state index < -0.39 is 5.97 Å². The van der Waals surface area contributed by atoms with E-state index in [1.54, 1.807) is 12.1 Å². The smallest absolute Gasteiger partial charge is 0.345 e. The molecule has 0 aliphatic rings. The van der Waals surface area contributed by atoms with Crippen LogP contribution in [0.25, 0.3) is 5.69 Å². The van der Waals surface area contributed by atoms with Crippen LogP contribution in [-0.2, 0) is 0 Å². The third kappa shape index (κ3) is 3.03. The van der Waals surface area contributed by atoms with Crippen LogP contribution in [0, 0.1) is 13.8 Å². The van der Waals surface area contributed by atoms with E-state index in [-0.39, 0.29) is 11.6 Å². The molecule has 0 fully saturated rings. The number of aryl methyl sites for hydroxylation is 2. The van der Waals surface area contributed by atoms with Gasteiger partial charge in [-0.25, -0.2) is 4.79 Å². The maximum absolute atomic E-state index is 10.9. The Morgan fingerprint density at radius 2 is 1.83 bits per heavy atom. The monoisotopic (exact) mass is 310 g/mol.